The molecule has 0 amide bonds. The van der Waals surface area contributed by atoms with Gasteiger partial charge in [0, 0.05) is 12.7 Å². The molecule has 0 spiro atoms. The molecule has 0 bridgehead atoms. The first kappa shape index (κ1) is 7.24. The van der Waals surface area contributed by atoms with E-state index in [0.29, 0.717) is 24.6 Å². The van der Waals surface area contributed by atoms with Crippen LogP contribution in [0.15, 0.2) is 29.4 Å². The second kappa shape index (κ2) is 2.91. The second-order valence-electron chi connectivity index (χ2n) is 2.52. The largest absolute Gasteiger partial charge is 0.757 e. The highest BCUT2D eigenvalue weighted by molar-refractivity contribution is 5.98. The minimum atomic E-state index is 0.450. The van der Waals surface area contributed by atoms with Crippen LogP contribution in [0.5, 0.6) is 0 Å². The molecule has 0 fully saturated rings. The van der Waals surface area contributed by atoms with Crippen molar-refractivity contribution >= 4 is 5.84 Å². The van der Waals surface area contributed by atoms with Crippen LogP contribution >= 0.6 is 0 Å². The van der Waals surface area contributed by atoms with Crippen molar-refractivity contribution in [3.05, 3.63) is 35.3 Å². The van der Waals surface area contributed by atoms with Gasteiger partial charge in [-0.1, -0.05) is 6.07 Å². The molecule has 0 unspecified atom stereocenters. The lowest BCUT2D eigenvalue weighted by Crippen LogP contribution is -2.22. The Morgan fingerprint density at radius 3 is 2.92 bits per heavy atom. The van der Waals surface area contributed by atoms with Crippen LogP contribution in [0.4, 0.5) is 0 Å². The summed E-state index contributed by atoms with van der Waals surface area (Å²) in [5.74, 6) is 0.454. The van der Waals surface area contributed by atoms with Gasteiger partial charge < -0.3 is 10.3 Å². The van der Waals surface area contributed by atoms with Crippen LogP contribution in [0.1, 0.15) is 5.69 Å². The average Bonchev–Trinajstić information content (AvgIpc) is 2.53. The Bertz CT molecular complexity index is 296. The van der Waals surface area contributed by atoms with Crippen molar-refractivity contribution in [3.63, 3.8) is 0 Å². The highest BCUT2D eigenvalue weighted by atomic mass is 16.5. The molecule has 1 aromatic heterocycles. The van der Waals surface area contributed by atoms with Crippen LogP contribution in [0.2, 0.25) is 0 Å². The summed E-state index contributed by atoms with van der Waals surface area (Å²) in [7, 11) is 0. The molecule has 0 radical (unpaired) electrons. The number of pyridine rings is 1. The quantitative estimate of drug-likeness (QED) is 0.609. The van der Waals surface area contributed by atoms with Crippen molar-refractivity contribution in [1.29, 1.82) is 0 Å². The van der Waals surface area contributed by atoms with E-state index in [1.54, 1.807) is 12.3 Å². The summed E-state index contributed by atoms with van der Waals surface area (Å²) in [5, 5.41) is 12.0. The molecule has 0 N–H and O–H groups in total. The van der Waals surface area contributed by atoms with E-state index in [0.717, 1.165) is 5.06 Å². The third kappa shape index (κ3) is 1.16. The zero-order chi connectivity index (χ0) is 8.39. The Hall–Kier alpha value is -1.42. The summed E-state index contributed by atoms with van der Waals surface area (Å²) in [6, 6.07) is 5.44. The van der Waals surface area contributed by atoms with E-state index in [4.69, 9.17) is 0 Å². The maximum absolute atomic E-state index is 11.1. The summed E-state index contributed by atoms with van der Waals surface area (Å²) < 4.78 is 0. The SMILES string of the molecule is [O-]N1CCN=C1c1ccccn1. The fourth-order valence-corrected chi connectivity index (χ4v) is 1.14. The topological polar surface area (TPSA) is 51.5 Å². The Kier molecular flexibility index (Phi) is 1.75. The molecule has 2 rings (SSSR count). The standard InChI is InChI=1S/C8H8N3O/c12-11-6-5-10-8(11)7-3-1-2-4-9-7/h1-4H,5-6H2/q-1. The Morgan fingerprint density at radius 1 is 1.42 bits per heavy atom. The molecule has 0 saturated carbocycles. The smallest absolute Gasteiger partial charge is 0.139 e. The van der Waals surface area contributed by atoms with Crippen molar-refractivity contribution in [2.45, 2.75) is 0 Å². The van der Waals surface area contributed by atoms with Gasteiger partial charge in [-0.15, -0.1) is 0 Å². The van der Waals surface area contributed by atoms with Crippen LogP contribution in [0.3, 0.4) is 0 Å². The van der Waals surface area contributed by atoms with Crippen LogP contribution in [0, 0.1) is 5.21 Å². The van der Waals surface area contributed by atoms with Gasteiger partial charge in [-0.2, -0.15) is 0 Å². The molecule has 0 aromatic carbocycles. The van der Waals surface area contributed by atoms with Crippen LogP contribution in [-0.4, -0.2) is 29.0 Å². The van der Waals surface area contributed by atoms with Gasteiger partial charge in [0.15, 0.2) is 0 Å². The van der Waals surface area contributed by atoms with Crippen molar-refractivity contribution in [2.75, 3.05) is 13.1 Å². The molecule has 62 valence electrons. The first-order valence-electron chi connectivity index (χ1n) is 3.78. The van der Waals surface area contributed by atoms with Gasteiger partial charge in [0.25, 0.3) is 0 Å². The highest BCUT2D eigenvalue weighted by Gasteiger charge is 2.10. The fraction of sp³-hybridized carbons (Fsp3) is 0.250. The molecule has 12 heavy (non-hydrogen) atoms. The highest BCUT2D eigenvalue weighted by Crippen LogP contribution is 2.06. The maximum atomic E-state index is 11.1. The van der Waals surface area contributed by atoms with E-state index in [-0.39, 0.29) is 0 Å². The minimum absolute atomic E-state index is 0.450. The Balaban J connectivity index is 2.31. The van der Waals surface area contributed by atoms with Crippen LogP contribution in [0.25, 0.3) is 0 Å². The lowest BCUT2D eigenvalue weighted by molar-refractivity contribution is 0.614. The van der Waals surface area contributed by atoms with E-state index in [1.807, 2.05) is 12.1 Å². The van der Waals surface area contributed by atoms with E-state index in [9.17, 15) is 5.21 Å². The molecule has 0 aliphatic carbocycles. The molecule has 0 atom stereocenters. The summed E-state index contributed by atoms with van der Waals surface area (Å²) in [6.45, 7) is 1.03. The van der Waals surface area contributed by atoms with Crippen molar-refractivity contribution in [1.82, 2.24) is 10.0 Å². The fourth-order valence-electron chi connectivity index (χ4n) is 1.14. The molecular formula is C8H8N3O-. The third-order valence-electron chi connectivity index (χ3n) is 1.69. The van der Waals surface area contributed by atoms with E-state index in [1.165, 1.54) is 0 Å². The third-order valence-corrected chi connectivity index (χ3v) is 1.69. The van der Waals surface area contributed by atoms with Gasteiger partial charge in [-0.3, -0.25) is 9.98 Å². The van der Waals surface area contributed by atoms with E-state index >= 15 is 0 Å². The Labute approximate surface area is 70.1 Å². The predicted molar refractivity (Wildman–Crippen MR) is 45.7 cm³/mol. The summed E-state index contributed by atoms with van der Waals surface area (Å²) >= 11 is 0. The zero-order valence-corrected chi connectivity index (χ0v) is 6.47. The minimum Gasteiger partial charge on any atom is -0.757 e. The number of amidine groups is 1. The van der Waals surface area contributed by atoms with Gasteiger partial charge >= 0.3 is 0 Å². The zero-order valence-electron chi connectivity index (χ0n) is 6.47. The molecule has 1 aliphatic heterocycles. The average molecular weight is 162 g/mol. The van der Waals surface area contributed by atoms with E-state index in [2.05, 4.69) is 9.98 Å². The number of hydrogen-bond donors (Lipinski definition) is 0. The number of rotatable bonds is 1. The number of hydrogen-bond acceptors (Lipinski definition) is 4. The maximum Gasteiger partial charge on any atom is 0.139 e. The van der Waals surface area contributed by atoms with Gasteiger partial charge in [-0.25, -0.2) is 0 Å². The number of hydroxylamine groups is 2. The van der Waals surface area contributed by atoms with Gasteiger partial charge in [0.05, 0.1) is 6.54 Å². The lowest BCUT2D eigenvalue weighted by atomic mass is 10.3. The van der Waals surface area contributed by atoms with Crippen molar-refractivity contribution in [3.8, 4) is 0 Å². The molecule has 1 aromatic rings. The number of aromatic nitrogens is 1. The van der Waals surface area contributed by atoms with Crippen LogP contribution in [-0.2, 0) is 0 Å². The summed E-state index contributed by atoms with van der Waals surface area (Å²) in [5.41, 5.74) is 0.657. The van der Waals surface area contributed by atoms with Crippen molar-refractivity contribution < 1.29 is 0 Å². The first-order valence-corrected chi connectivity index (χ1v) is 3.78. The second-order valence-corrected chi connectivity index (χ2v) is 2.52. The van der Waals surface area contributed by atoms with Gasteiger partial charge in [0.2, 0.25) is 0 Å². The monoisotopic (exact) mass is 162 g/mol. The van der Waals surface area contributed by atoms with E-state index < -0.39 is 0 Å². The summed E-state index contributed by atoms with van der Waals surface area (Å²) in [4.78, 5) is 8.09. The van der Waals surface area contributed by atoms with Gasteiger partial charge in [-0.05, 0) is 12.1 Å². The lowest BCUT2D eigenvalue weighted by Gasteiger charge is -2.24. The summed E-state index contributed by atoms with van der Waals surface area (Å²) in [6.07, 6.45) is 1.66. The predicted octanol–water partition coefficient (Wildman–Crippen LogP) is 0.642. The number of nitrogens with zero attached hydrogens (tertiary/aromatic N) is 3. The Morgan fingerprint density at radius 2 is 2.33 bits per heavy atom. The molecule has 4 heteroatoms. The molecule has 0 saturated heterocycles. The van der Waals surface area contributed by atoms with Crippen LogP contribution < -0.4 is 0 Å². The number of aliphatic imine (C=N–C) groups is 1. The molecule has 1 aliphatic rings. The van der Waals surface area contributed by atoms with Gasteiger partial charge in [0.1, 0.15) is 11.5 Å². The molecule has 2 heterocycles. The molecular weight excluding hydrogens is 154 g/mol. The first-order chi connectivity index (χ1) is 5.88. The van der Waals surface area contributed by atoms with Crippen molar-refractivity contribution in [2.24, 2.45) is 4.99 Å². The normalized spacial score (nSPS) is 16.4. The molecule has 4 nitrogen and oxygen atoms in total.